The van der Waals surface area contributed by atoms with E-state index in [0.29, 0.717) is 31.2 Å². The first kappa shape index (κ1) is 21.3. The molecule has 0 spiro atoms. The van der Waals surface area contributed by atoms with E-state index in [0.717, 1.165) is 6.42 Å². The predicted molar refractivity (Wildman–Crippen MR) is 110 cm³/mol. The van der Waals surface area contributed by atoms with Crippen molar-refractivity contribution in [2.75, 3.05) is 6.54 Å². The molecule has 8 nitrogen and oxygen atoms in total. The lowest BCUT2D eigenvalue weighted by Gasteiger charge is -2.21. The summed E-state index contributed by atoms with van der Waals surface area (Å²) < 4.78 is 5.25. The van der Waals surface area contributed by atoms with Crippen LogP contribution in [0.2, 0.25) is 0 Å². The van der Waals surface area contributed by atoms with Crippen LogP contribution in [0.1, 0.15) is 57.1 Å². The van der Waals surface area contributed by atoms with E-state index in [1.54, 1.807) is 23.3 Å². The van der Waals surface area contributed by atoms with Crippen molar-refractivity contribution in [3.63, 3.8) is 0 Å². The Balaban J connectivity index is 1.33. The van der Waals surface area contributed by atoms with Gasteiger partial charge in [0.2, 0.25) is 17.7 Å². The van der Waals surface area contributed by atoms with Crippen LogP contribution in [-0.4, -0.2) is 34.3 Å². The van der Waals surface area contributed by atoms with Crippen molar-refractivity contribution in [2.24, 2.45) is 11.8 Å². The van der Waals surface area contributed by atoms with Crippen LogP contribution in [0.5, 0.6) is 0 Å². The standard InChI is InChI=1S/C20H28N4O4S/c25-17(9-8-14-5-2-1-3-6-14)21-20(29)23-22-19(27)15-11-18(26)24(12-15)13-16-7-4-10-28-16/h4,7,10,14-15H,1-3,5-6,8-9,11-13H2,(H,22,27)(H2,21,23,25,29). The van der Waals surface area contributed by atoms with Gasteiger partial charge in [-0.2, -0.15) is 0 Å². The molecule has 9 heteroatoms. The fraction of sp³-hybridized carbons (Fsp3) is 0.600. The highest BCUT2D eigenvalue weighted by Gasteiger charge is 2.34. The van der Waals surface area contributed by atoms with Crippen molar-refractivity contribution < 1.29 is 18.8 Å². The van der Waals surface area contributed by atoms with Crippen LogP contribution in [0.4, 0.5) is 0 Å². The number of carbonyl (C=O) groups excluding carboxylic acids is 3. The fourth-order valence-corrected chi connectivity index (χ4v) is 4.11. The highest BCUT2D eigenvalue weighted by Crippen LogP contribution is 2.27. The van der Waals surface area contributed by atoms with E-state index in [9.17, 15) is 14.4 Å². The number of furan rings is 1. The summed E-state index contributed by atoms with van der Waals surface area (Å²) in [5.41, 5.74) is 5.04. The van der Waals surface area contributed by atoms with Gasteiger partial charge in [0.25, 0.3) is 0 Å². The molecule has 1 aliphatic carbocycles. The van der Waals surface area contributed by atoms with Crippen LogP contribution in [0, 0.1) is 11.8 Å². The first-order valence-electron chi connectivity index (χ1n) is 10.2. The summed E-state index contributed by atoms with van der Waals surface area (Å²) in [5.74, 6) is 0.242. The van der Waals surface area contributed by atoms with E-state index >= 15 is 0 Å². The van der Waals surface area contributed by atoms with Crippen molar-refractivity contribution in [1.29, 1.82) is 0 Å². The summed E-state index contributed by atoms with van der Waals surface area (Å²) in [5, 5.41) is 2.65. The van der Waals surface area contributed by atoms with Crippen LogP contribution in [-0.2, 0) is 20.9 Å². The molecule has 3 amide bonds. The Morgan fingerprint density at radius 3 is 2.72 bits per heavy atom. The number of thiocarbonyl (C=S) groups is 1. The number of carbonyl (C=O) groups is 3. The molecule has 2 aliphatic rings. The number of likely N-dealkylation sites (tertiary alicyclic amines) is 1. The Hall–Kier alpha value is -2.42. The van der Waals surface area contributed by atoms with E-state index in [-0.39, 0.29) is 29.3 Å². The van der Waals surface area contributed by atoms with Crippen LogP contribution < -0.4 is 16.2 Å². The van der Waals surface area contributed by atoms with Crippen LogP contribution in [0.15, 0.2) is 22.8 Å². The number of nitrogens with zero attached hydrogens (tertiary/aromatic N) is 1. The quantitative estimate of drug-likeness (QED) is 0.480. The maximum atomic E-state index is 12.3. The molecule has 1 unspecified atom stereocenters. The molecule has 1 atom stereocenters. The van der Waals surface area contributed by atoms with Crippen LogP contribution >= 0.6 is 12.2 Å². The van der Waals surface area contributed by atoms with Gasteiger partial charge in [0.05, 0.1) is 18.7 Å². The van der Waals surface area contributed by atoms with Crippen molar-refractivity contribution in [3.05, 3.63) is 24.2 Å². The molecule has 158 valence electrons. The van der Waals surface area contributed by atoms with Gasteiger partial charge < -0.3 is 14.6 Å². The molecule has 3 N–H and O–H groups in total. The number of hydrogen-bond donors (Lipinski definition) is 3. The first-order valence-corrected chi connectivity index (χ1v) is 10.6. The Bertz CT molecular complexity index is 731. The normalized spacial score (nSPS) is 19.8. The Kier molecular flexibility index (Phi) is 7.62. The van der Waals surface area contributed by atoms with Crippen molar-refractivity contribution in [3.8, 4) is 0 Å². The molecule has 0 bridgehead atoms. The van der Waals surface area contributed by atoms with Crippen molar-refractivity contribution in [2.45, 2.75) is 57.9 Å². The van der Waals surface area contributed by atoms with E-state index in [2.05, 4.69) is 16.2 Å². The molecule has 0 radical (unpaired) electrons. The average molecular weight is 421 g/mol. The molecule has 2 fully saturated rings. The van der Waals surface area contributed by atoms with Gasteiger partial charge in [0.1, 0.15) is 5.76 Å². The monoisotopic (exact) mass is 420 g/mol. The topological polar surface area (TPSA) is 104 Å². The zero-order chi connectivity index (χ0) is 20.6. The van der Waals surface area contributed by atoms with Gasteiger partial charge in [-0.1, -0.05) is 32.1 Å². The number of rotatable bonds is 6. The lowest BCUT2D eigenvalue weighted by Crippen LogP contribution is -2.50. The second-order valence-corrected chi connectivity index (χ2v) is 8.20. The number of amides is 3. The fourth-order valence-electron chi connectivity index (χ4n) is 3.94. The summed E-state index contributed by atoms with van der Waals surface area (Å²) in [6.07, 6.45) is 9.18. The Morgan fingerprint density at radius 1 is 1.21 bits per heavy atom. The molecular weight excluding hydrogens is 392 g/mol. The van der Waals surface area contributed by atoms with Gasteiger partial charge in [0, 0.05) is 19.4 Å². The Morgan fingerprint density at radius 2 is 2.00 bits per heavy atom. The summed E-state index contributed by atoms with van der Waals surface area (Å²) in [7, 11) is 0. The predicted octanol–water partition coefficient (Wildman–Crippen LogP) is 2.01. The molecule has 1 aromatic rings. The lowest BCUT2D eigenvalue weighted by atomic mass is 9.86. The molecule has 2 heterocycles. The van der Waals surface area contributed by atoms with Crippen molar-refractivity contribution in [1.82, 2.24) is 21.1 Å². The second-order valence-electron chi connectivity index (χ2n) is 7.79. The smallest absolute Gasteiger partial charge is 0.243 e. The zero-order valence-corrected chi connectivity index (χ0v) is 17.3. The van der Waals surface area contributed by atoms with Gasteiger partial charge in [-0.05, 0) is 36.7 Å². The first-order chi connectivity index (χ1) is 14.0. The summed E-state index contributed by atoms with van der Waals surface area (Å²) in [6, 6.07) is 3.55. The molecule has 29 heavy (non-hydrogen) atoms. The largest absolute Gasteiger partial charge is 0.467 e. The third kappa shape index (κ3) is 6.56. The van der Waals surface area contributed by atoms with E-state index in [1.165, 1.54) is 32.1 Å². The van der Waals surface area contributed by atoms with Gasteiger partial charge in [-0.3, -0.25) is 25.2 Å². The molecule has 1 saturated heterocycles. The van der Waals surface area contributed by atoms with Crippen molar-refractivity contribution >= 4 is 35.1 Å². The maximum absolute atomic E-state index is 12.3. The van der Waals surface area contributed by atoms with Gasteiger partial charge in [0.15, 0.2) is 5.11 Å². The Labute approximate surface area is 175 Å². The second kappa shape index (κ2) is 10.4. The lowest BCUT2D eigenvalue weighted by molar-refractivity contribution is -0.129. The van der Waals surface area contributed by atoms with Gasteiger partial charge in [-0.15, -0.1) is 0 Å². The summed E-state index contributed by atoms with van der Waals surface area (Å²) >= 11 is 5.07. The van der Waals surface area contributed by atoms with Crippen LogP contribution in [0.3, 0.4) is 0 Å². The molecule has 1 saturated carbocycles. The third-order valence-corrected chi connectivity index (χ3v) is 5.77. The highest BCUT2D eigenvalue weighted by molar-refractivity contribution is 7.80. The van der Waals surface area contributed by atoms with E-state index in [4.69, 9.17) is 16.6 Å². The van der Waals surface area contributed by atoms with E-state index < -0.39 is 5.92 Å². The zero-order valence-electron chi connectivity index (χ0n) is 16.4. The number of nitrogens with one attached hydrogen (secondary N) is 3. The van der Waals surface area contributed by atoms with E-state index in [1.807, 2.05) is 0 Å². The van der Waals surface area contributed by atoms with Gasteiger partial charge >= 0.3 is 0 Å². The summed E-state index contributed by atoms with van der Waals surface area (Å²) in [6.45, 7) is 0.659. The number of hydrazine groups is 1. The molecule has 1 aromatic heterocycles. The van der Waals surface area contributed by atoms with Crippen LogP contribution in [0.25, 0.3) is 0 Å². The SMILES string of the molecule is O=C(CCC1CCCCC1)NC(=S)NNC(=O)C1CC(=O)N(Cc2ccco2)C1. The maximum Gasteiger partial charge on any atom is 0.243 e. The molecular formula is C20H28N4O4S. The summed E-state index contributed by atoms with van der Waals surface area (Å²) in [4.78, 5) is 38.0. The molecule has 1 aliphatic heterocycles. The molecule has 3 rings (SSSR count). The minimum atomic E-state index is -0.477. The minimum absolute atomic E-state index is 0.0590. The average Bonchev–Trinajstić information content (AvgIpc) is 3.36. The minimum Gasteiger partial charge on any atom is -0.467 e. The highest BCUT2D eigenvalue weighted by atomic mass is 32.1. The molecule has 0 aromatic carbocycles. The third-order valence-electron chi connectivity index (χ3n) is 5.57. The number of hydrogen-bond acceptors (Lipinski definition) is 5. The van der Waals surface area contributed by atoms with Gasteiger partial charge in [-0.25, -0.2) is 0 Å².